The molecular formula is C6H14N2O3S. The monoisotopic (exact) mass is 194 g/mol. The quantitative estimate of drug-likeness (QED) is 0.587. The van der Waals surface area contributed by atoms with Crippen LogP contribution in [0.5, 0.6) is 0 Å². The number of rotatable bonds is 2. The molecule has 0 aromatic carbocycles. The zero-order chi connectivity index (χ0) is 9.35. The van der Waals surface area contributed by atoms with Crippen LogP contribution in [0, 0.1) is 0 Å². The summed E-state index contributed by atoms with van der Waals surface area (Å²) in [6.45, 7) is 1.08. The molecule has 2 atom stereocenters. The van der Waals surface area contributed by atoms with Crippen LogP contribution in [0.2, 0.25) is 0 Å². The molecule has 0 saturated carbocycles. The molecule has 0 bridgehead atoms. The molecular weight excluding hydrogens is 180 g/mol. The number of nitrogens with zero attached hydrogens (tertiary/aromatic N) is 1. The summed E-state index contributed by atoms with van der Waals surface area (Å²) in [5, 5.41) is 4.46. The van der Waals surface area contributed by atoms with Crippen molar-refractivity contribution in [3.63, 3.8) is 0 Å². The van der Waals surface area contributed by atoms with Crippen molar-refractivity contribution in [2.24, 2.45) is 5.14 Å². The molecule has 0 spiro atoms. The van der Waals surface area contributed by atoms with Crippen LogP contribution in [0.15, 0.2) is 0 Å². The Hall–Kier alpha value is -0.170. The highest BCUT2D eigenvalue weighted by atomic mass is 32.2. The van der Waals surface area contributed by atoms with E-state index in [9.17, 15) is 8.42 Å². The largest absolute Gasteiger partial charge is 0.379 e. The zero-order valence-corrected chi connectivity index (χ0v) is 8.04. The van der Waals surface area contributed by atoms with Crippen LogP contribution >= 0.6 is 0 Å². The van der Waals surface area contributed by atoms with E-state index in [-0.39, 0.29) is 6.10 Å². The molecule has 0 aromatic heterocycles. The van der Waals surface area contributed by atoms with E-state index in [4.69, 9.17) is 9.88 Å². The minimum absolute atomic E-state index is 0.287. The van der Waals surface area contributed by atoms with Gasteiger partial charge in [-0.2, -0.15) is 0 Å². The van der Waals surface area contributed by atoms with Crippen molar-refractivity contribution in [2.75, 3.05) is 27.2 Å². The van der Waals surface area contributed by atoms with Crippen molar-refractivity contribution < 1.29 is 13.2 Å². The number of methoxy groups -OCH3 is 1. The van der Waals surface area contributed by atoms with Gasteiger partial charge in [0, 0.05) is 20.2 Å². The lowest BCUT2D eigenvalue weighted by Crippen LogP contribution is -2.38. The Bertz CT molecular complexity index is 252. The average molecular weight is 194 g/mol. The van der Waals surface area contributed by atoms with Crippen LogP contribution in [-0.4, -0.2) is 51.9 Å². The number of nitrogens with two attached hydrogens (primary N) is 1. The van der Waals surface area contributed by atoms with E-state index in [0.29, 0.717) is 13.1 Å². The van der Waals surface area contributed by atoms with E-state index in [1.165, 1.54) is 7.11 Å². The number of hydrogen-bond donors (Lipinski definition) is 1. The summed E-state index contributed by atoms with van der Waals surface area (Å²) in [7, 11) is -0.117. The lowest BCUT2D eigenvalue weighted by Gasteiger charge is -2.13. The van der Waals surface area contributed by atoms with Gasteiger partial charge in [0.2, 0.25) is 10.0 Å². The molecule has 1 aliphatic heterocycles. The van der Waals surface area contributed by atoms with Crippen molar-refractivity contribution in [3.05, 3.63) is 0 Å². The van der Waals surface area contributed by atoms with Gasteiger partial charge in [-0.1, -0.05) is 0 Å². The van der Waals surface area contributed by atoms with Gasteiger partial charge in [-0.05, 0) is 7.05 Å². The summed E-state index contributed by atoms with van der Waals surface area (Å²) < 4.78 is 27.1. The van der Waals surface area contributed by atoms with Gasteiger partial charge in [0.05, 0.1) is 6.10 Å². The number of primary sulfonamides is 1. The Labute approximate surface area is 72.5 Å². The van der Waals surface area contributed by atoms with E-state index in [0.717, 1.165) is 0 Å². The van der Waals surface area contributed by atoms with Gasteiger partial charge < -0.3 is 9.64 Å². The lowest BCUT2D eigenvalue weighted by atomic mass is 10.3. The molecule has 1 aliphatic rings. The first kappa shape index (κ1) is 9.91. The molecule has 0 amide bonds. The zero-order valence-electron chi connectivity index (χ0n) is 7.23. The Balaban J connectivity index is 2.78. The summed E-state index contributed by atoms with van der Waals surface area (Å²) in [5.41, 5.74) is 0. The predicted octanol–water partition coefficient (Wildman–Crippen LogP) is -1.40. The van der Waals surface area contributed by atoms with Gasteiger partial charge >= 0.3 is 0 Å². The maximum atomic E-state index is 11.0. The van der Waals surface area contributed by atoms with Gasteiger partial charge in [-0.3, -0.25) is 0 Å². The second kappa shape index (κ2) is 3.29. The van der Waals surface area contributed by atoms with Gasteiger partial charge in [-0.15, -0.1) is 0 Å². The van der Waals surface area contributed by atoms with Crippen LogP contribution in [0.4, 0.5) is 0 Å². The molecule has 0 aliphatic carbocycles. The minimum atomic E-state index is -3.46. The summed E-state index contributed by atoms with van der Waals surface area (Å²) in [6.07, 6.45) is -0.287. The van der Waals surface area contributed by atoms with Gasteiger partial charge in [-0.25, -0.2) is 13.6 Å². The molecule has 0 radical (unpaired) electrons. The Morgan fingerprint density at radius 3 is 2.42 bits per heavy atom. The molecule has 0 aromatic rings. The fourth-order valence-electron chi connectivity index (χ4n) is 1.47. The SMILES string of the molecule is COC1CN(C)CC1S(N)(=O)=O. The van der Waals surface area contributed by atoms with E-state index in [2.05, 4.69) is 0 Å². The molecule has 1 fully saturated rings. The highest BCUT2D eigenvalue weighted by molar-refractivity contribution is 7.89. The summed E-state index contributed by atoms with van der Waals surface area (Å²) in [6, 6.07) is 0. The van der Waals surface area contributed by atoms with Crippen LogP contribution < -0.4 is 5.14 Å². The molecule has 12 heavy (non-hydrogen) atoms. The van der Waals surface area contributed by atoms with Crippen molar-refractivity contribution in [1.82, 2.24) is 4.90 Å². The Kier molecular flexibility index (Phi) is 2.72. The van der Waals surface area contributed by atoms with Crippen molar-refractivity contribution in [2.45, 2.75) is 11.4 Å². The average Bonchev–Trinajstić information content (AvgIpc) is 2.29. The molecule has 72 valence electrons. The first-order valence-electron chi connectivity index (χ1n) is 3.68. The van der Waals surface area contributed by atoms with Crippen molar-refractivity contribution in [3.8, 4) is 0 Å². The summed E-state index contributed by atoms with van der Waals surface area (Å²) >= 11 is 0. The number of hydrogen-bond acceptors (Lipinski definition) is 4. The molecule has 1 saturated heterocycles. The number of sulfonamides is 1. The maximum Gasteiger partial charge on any atom is 0.215 e. The van der Waals surface area contributed by atoms with Gasteiger partial charge in [0.1, 0.15) is 5.25 Å². The third kappa shape index (κ3) is 1.95. The summed E-state index contributed by atoms with van der Waals surface area (Å²) in [5.74, 6) is 0. The Morgan fingerprint density at radius 1 is 1.50 bits per heavy atom. The first-order valence-corrected chi connectivity index (χ1v) is 5.29. The molecule has 2 N–H and O–H groups in total. The van der Waals surface area contributed by atoms with Crippen molar-refractivity contribution >= 4 is 10.0 Å². The van der Waals surface area contributed by atoms with Crippen LogP contribution in [0.1, 0.15) is 0 Å². The third-order valence-corrected chi connectivity index (χ3v) is 3.42. The third-order valence-electron chi connectivity index (χ3n) is 2.12. The number of likely N-dealkylation sites (tertiary alicyclic amines) is 1. The molecule has 1 rings (SSSR count). The number of likely N-dealkylation sites (N-methyl/N-ethyl adjacent to an activating group) is 1. The minimum Gasteiger partial charge on any atom is -0.379 e. The highest BCUT2D eigenvalue weighted by Gasteiger charge is 2.38. The van der Waals surface area contributed by atoms with E-state index >= 15 is 0 Å². The normalized spacial score (nSPS) is 32.6. The Morgan fingerprint density at radius 2 is 2.08 bits per heavy atom. The number of ether oxygens (including phenoxy) is 1. The highest BCUT2D eigenvalue weighted by Crippen LogP contribution is 2.16. The van der Waals surface area contributed by atoms with E-state index in [1.54, 1.807) is 0 Å². The van der Waals surface area contributed by atoms with Crippen LogP contribution in [-0.2, 0) is 14.8 Å². The van der Waals surface area contributed by atoms with Crippen LogP contribution in [0.25, 0.3) is 0 Å². The second-order valence-corrected chi connectivity index (χ2v) is 4.91. The maximum absolute atomic E-state index is 11.0. The first-order chi connectivity index (χ1) is 5.45. The fourth-order valence-corrected chi connectivity index (χ4v) is 2.55. The fraction of sp³-hybridized carbons (Fsp3) is 1.00. The molecule has 1 heterocycles. The smallest absolute Gasteiger partial charge is 0.215 e. The van der Waals surface area contributed by atoms with E-state index < -0.39 is 15.3 Å². The standard InChI is InChI=1S/C6H14N2O3S/c1-8-3-5(11-2)6(4-8)12(7,9)10/h5-6H,3-4H2,1-2H3,(H2,7,9,10). The lowest BCUT2D eigenvalue weighted by molar-refractivity contribution is 0.112. The topological polar surface area (TPSA) is 72.6 Å². The summed E-state index contributed by atoms with van der Waals surface area (Å²) in [4.78, 5) is 1.89. The van der Waals surface area contributed by atoms with Gasteiger partial charge in [0.15, 0.2) is 0 Å². The molecule has 2 unspecified atom stereocenters. The van der Waals surface area contributed by atoms with Gasteiger partial charge in [0.25, 0.3) is 0 Å². The van der Waals surface area contributed by atoms with E-state index in [1.807, 2.05) is 11.9 Å². The molecule has 5 nitrogen and oxygen atoms in total. The van der Waals surface area contributed by atoms with Crippen LogP contribution in [0.3, 0.4) is 0 Å². The molecule has 6 heteroatoms. The van der Waals surface area contributed by atoms with Crippen molar-refractivity contribution in [1.29, 1.82) is 0 Å². The predicted molar refractivity (Wildman–Crippen MR) is 45.2 cm³/mol. The second-order valence-electron chi connectivity index (χ2n) is 3.12.